The van der Waals surface area contributed by atoms with Gasteiger partial charge >= 0.3 is 0 Å². The maximum absolute atomic E-state index is 5.00. The molecule has 0 aliphatic heterocycles. The number of rotatable bonds is 32. The summed E-state index contributed by atoms with van der Waals surface area (Å²) in [4.78, 5) is 5.00. The van der Waals surface area contributed by atoms with E-state index >= 15 is 0 Å². The molecule has 0 aliphatic carbocycles. The average molecular weight is 569 g/mol. The van der Waals surface area contributed by atoms with Gasteiger partial charge in [-0.25, -0.2) is 0 Å². The molecule has 0 amide bonds. The monoisotopic (exact) mass is 569 g/mol. The molecule has 0 spiro atoms. The van der Waals surface area contributed by atoms with Crippen molar-refractivity contribution >= 4 is 0 Å². The van der Waals surface area contributed by atoms with E-state index in [9.17, 15) is 0 Å². The van der Waals surface area contributed by atoms with Crippen molar-refractivity contribution in [2.45, 2.75) is 219 Å². The number of nitrogens with zero attached hydrogens (tertiary/aromatic N) is 1. The lowest BCUT2D eigenvalue weighted by Gasteiger charge is -2.08. The molecule has 0 fully saturated rings. The Hall–Kier alpha value is -0.850. The molecule has 0 atom stereocenters. The summed E-state index contributed by atoms with van der Waals surface area (Å²) in [5, 5.41) is 0. The molecule has 0 aromatic carbocycles. The second-order valence-corrected chi connectivity index (χ2v) is 13.4. The van der Waals surface area contributed by atoms with Gasteiger partial charge in [-0.2, -0.15) is 0 Å². The fourth-order valence-electron chi connectivity index (χ4n) is 6.33. The van der Waals surface area contributed by atoms with Gasteiger partial charge in [-0.15, -0.1) is 0 Å². The van der Waals surface area contributed by atoms with Gasteiger partial charge in [-0.1, -0.05) is 194 Å². The number of aromatic nitrogens is 1. The first-order chi connectivity index (χ1) is 20.3. The summed E-state index contributed by atoms with van der Waals surface area (Å²) in [6.45, 7) is 8.85. The predicted octanol–water partition coefficient (Wildman–Crippen LogP) is 14.1. The summed E-state index contributed by atoms with van der Waals surface area (Å²) in [6.07, 6.45) is 45.0. The molecule has 1 aromatic heterocycles. The zero-order valence-electron chi connectivity index (χ0n) is 28.4. The Morgan fingerprint density at radius 1 is 0.366 bits per heavy atom. The van der Waals surface area contributed by atoms with Crippen LogP contribution in [0.5, 0.6) is 0 Å². The van der Waals surface area contributed by atoms with E-state index in [0.29, 0.717) is 0 Å². The summed E-state index contributed by atoms with van der Waals surface area (Å²) in [7, 11) is 0. The summed E-state index contributed by atoms with van der Waals surface area (Å²) < 4.78 is 0. The molecule has 1 heteroatoms. The molecule has 0 saturated heterocycles. The van der Waals surface area contributed by atoms with Gasteiger partial charge in [0.1, 0.15) is 0 Å². The first kappa shape index (κ1) is 38.2. The van der Waals surface area contributed by atoms with Gasteiger partial charge in [0.05, 0.1) is 0 Å². The second kappa shape index (κ2) is 30.6. The molecule has 1 radical (unpaired) electrons. The van der Waals surface area contributed by atoms with Crippen LogP contribution in [0.15, 0.2) is 12.1 Å². The van der Waals surface area contributed by atoms with Crippen LogP contribution in [0.2, 0.25) is 0 Å². The number of hydrogen-bond donors (Lipinski definition) is 0. The van der Waals surface area contributed by atoms with Crippen molar-refractivity contribution in [2.75, 3.05) is 0 Å². The minimum absolute atomic E-state index is 1.13. The number of aryl methyl sites for hydroxylation is 2. The molecular weight excluding hydrogens is 494 g/mol. The summed E-state index contributed by atoms with van der Waals surface area (Å²) >= 11 is 0. The van der Waals surface area contributed by atoms with E-state index in [1.807, 2.05) is 0 Å². The van der Waals surface area contributed by atoms with Crippen LogP contribution in [0.3, 0.4) is 0 Å². The van der Waals surface area contributed by atoms with Crippen molar-refractivity contribution in [3.05, 3.63) is 36.0 Å². The van der Waals surface area contributed by atoms with Gasteiger partial charge in [-0.3, -0.25) is 4.98 Å². The first-order valence-corrected chi connectivity index (χ1v) is 19.1. The van der Waals surface area contributed by atoms with Gasteiger partial charge in [-0.05, 0) is 50.3 Å². The maximum atomic E-state index is 5.00. The molecular formula is C40H74N. The smallest absolute Gasteiger partial charge is 0.0409 e. The van der Waals surface area contributed by atoms with E-state index in [0.717, 1.165) is 18.4 Å². The lowest BCUT2D eigenvalue weighted by Crippen LogP contribution is -1.98. The number of unbranched alkanes of at least 4 members (excludes halogenated alkanes) is 28. The van der Waals surface area contributed by atoms with Crippen LogP contribution in [0, 0.1) is 6.92 Å². The number of pyridine rings is 1. The lowest BCUT2D eigenvalue weighted by atomic mass is 10.0. The standard InChI is InChI=1S/C40H74N/c1-4-6-8-10-12-14-16-18-20-22-24-26-28-30-32-34-39-36-38(3)37-40(41-39)35-33-31-29-27-25-23-21-19-17-15-13-11-9-7-5-2/h36-37H,3-35H2,1-2H3. The first-order valence-electron chi connectivity index (χ1n) is 19.1. The van der Waals surface area contributed by atoms with Crippen molar-refractivity contribution in [3.8, 4) is 0 Å². The molecule has 0 aliphatic rings. The van der Waals surface area contributed by atoms with Gasteiger partial charge < -0.3 is 0 Å². The molecule has 1 aromatic rings. The highest BCUT2D eigenvalue weighted by Gasteiger charge is 2.03. The van der Waals surface area contributed by atoms with Gasteiger partial charge in [0.15, 0.2) is 0 Å². The largest absolute Gasteiger partial charge is 0.258 e. The summed E-state index contributed by atoms with van der Waals surface area (Å²) in [5.74, 6) is 0. The summed E-state index contributed by atoms with van der Waals surface area (Å²) in [5.41, 5.74) is 3.72. The second-order valence-electron chi connectivity index (χ2n) is 13.4. The van der Waals surface area contributed by atoms with Gasteiger partial charge in [0, 0.05) is 11.4 Å². The van der Waals surface area contributed by atoms with E-state index in [4.69, 9.17) is 4.98 Å². The zero-order valence-corrected chi connectivity index (χ0v) is 28.4. The third-order valence-electron chi connectivity index (χ3n) is 9.06. The fraction of sp³-hybridized carbons (Fsp3) is 0.850. The molecule has 0 saturated carbocycles. The average Bonchev–Trinajstić information content (AvgIpc) is 2.97. The molecule has 0 N–H and O–H groups in total. The van der Waals surface area contributed by atoms with Crippen molar-refractivity contribution in [1.82, 2.24) is 4.98 Å². The topological polar surface area (TPSA) is 12.9 Å². The Kier molecular flexibility index (Phi) is 28.5. The minimum atomic E-state index is 1.13. The van der Waals surface area contributed by atoms with Crippen LogP contribution in [0.4, 0.5) is 0 Å². The maximum Gasteiger partial charge on any atom is 0.0409 e. The van der Waals surface area contributed by atoms with Crippen LogP contribution >= 0.6 is 0 Å². The Balaban J connectivity index is 1.93. The van der Waals surface area contributed by atoms with Gasteiger partial charge in [0.2, 0.25) is 0 Å². The fourth-order valence-corrected chi connectivity index (χ4v) is 6.33. The van der Waals surface area contributed by atoms with Crippen LogP contribution in [0.25, 0.3) is 0 Å². The Morgan fingerprint density at radius 2 is 0.585 bits per heavy atom. The third kappa shape index (κ3) is 26.5. The van der Waals surface area contributed by atoms with Crippen molar-refractivity contribution in [2.24, 2.45) is 0 Å². The van der Waals surface area contributed by atoms with Crippen molar-refractivity contribution in [1.29, 1.82) is 0 Å². The molecule has 0 bridgehead atoms. The van der Waals surface area contributed by atoms with Crippen LogP contribution < -0.4 is 0 Å². The van der Waals surface area contributed by atoms with Crippen molar-refractivity contribution < 1.29 is 0 Å². The van der Waals surface area contributed by atoms with Gasteiger partial charge in [0.25, 0.3) is 0 Å². The quantitative estimate of drug-likeness (QED) is 0.0787. The van der Waals surface area contributed by atoms with E-state index in [1.165, 1.54) is 204 Å². The van der Waals surface area contributed by atoms with E-state index in [-0.39, 0.29) is 0 Å². The van der Waals surface area contributed by atoms with E-state index in [2.05, 4.69) is 32.9 Å². The molecule has 1 rings (SSSR count). The SMILES string of the molecule is [CH2]c1cc(CCCCCCCCCCCCCCCCC)nc(CCCCCCCCCCCCCCCCC)c1. The Labute approximate surface area is 259 Å². The van der Waals surface area contributed by atoms with E-state index in [1.54, 1.807) is 0 Å². The third-order valence-corrected chi connectivity index (χ3v) is 9.06. The van der Waals surface area contributed by atoms with E-state index < -0.39 is 0 Å². The van der Waals surface area contributed by atoms with Crippen molar-refractivity contribution in [3.63, 3.8) is 0 Å². The molecule has 1 nitrogen and oxygen atoms in total. The van der Waals surface area contributed by atoms with Crippen LogP contribution in [-0.4, -0.2) is 4.98 Å². The minimum Gasteiger partial charge on any atom is -0.258 e. The Bertz CT molecular complexity index is 598. The highest BCUT2D eigenvalue weighted by atomic mass is 14.7. The lowest BCUT2D eigenvalue weighted by molar-refractivity contribution is 0.531. The molecule has 1 heterocycles. The molecule has 0 unspecified atom stereocenters. The number of hydrogen-bond acceptors (Lipinski definition) is 1. The summed E-state index contributed by atoms with van der Waals surface area (Å²) in [6, 6.07) is 4.44. The zero-order chi connectivity index (χ0) is 29.5. The molecule has 41 heavy (non-hydrogen) atoms. The highest BCUT2D eigenvalue weighted by molar-refractivity contribution is 5.24. The predicted molar refractivity (Wildman–Crippen MR) is 186 cm³/mol. The highest BCUT2D eigenvalue weighted by Crippen LogP contribution is 2.17. The normalized spacial score (nSPS) is 11.5. The Morgan fingerprint density at radius 3 is 0.829 bits per heavy atom. The van der Waals surface area contributed by atoms with Crippen LogP contribution in [0.1, 0.15) is 223 Å². The molecule has 239 valence electrons. The van der Waals surface area contributed by atoms with Crippen LogP contribution in [-0.2, 0) is 12.8 Å².